The molecule has 2 aliphatic rings. The van der Waals surface area contributed by atoms with Gasteiger partial charge in [0.2, 0.25) is 0 Å². The summed E-state index contributed by atoms with van der Waals surface area (Å²) in [5.41, 5.74) is 2.13. The standard InChI is InChI=1S/C16H25PS/c1-12-11-16(13(2)18-12)17(14-7-3-4-8-14)15-9-5-6-10-15/h11,14-15H,3-10H2,1-2H3. The van der Waals surface area contributed by atoms with Crippen molar-refractivity contribution < 1.29 is 0 Å². The summed E-state index contributed by atoms with van der Waals surface area (Å²) >= 11 is 2.03. The van der Waals surface area contributed by atoms with E-state index in [4.69, 9.17) is 0 Å². The predicted octanol–water partition coefficient (Wildman–Crippen LogP) is 5.36. The van der Waals surface area contributed by atoms with Crippen LogP contribution in [0.4, 0.5) is 0 Å². The Morgan fingerprint density at radius 3 is 1.83 bits per heavy atom. The van der Waals surface area contributed by atoms with Crippen molar-refractivity contribution in [2.24, 2.45) is 0 Å². The fourth-order valence-corrected chi connectivity index (χ4v) is 9.23. The van der Waals surface area contributed by atoms with Gasteiger partial charge in [-0.2, -0.15) is 0 Å². The fourth-order valence-electron chi connectivity index (χ4n) is 3.93. The quantitative estimate of drug-likeness (QED) is 0.654. The number of thiophene rings is 1. The van der Waals surface area contributed by atoms with E-state index in [2.05, 4.69) is 19.9 Å². The molecule has 0 spiro atoms. The molecule has 0 unspecified atom stereocenters. The Hall–Kier alpha value is 0.130. The summed E-state index contributed by atoms with van der Waals surface area (Å²) < 4.78 is 0. The number of aryl methyl sites for hydroxylation is 2. The van der Waals surface area contributed by atoms with Crippen LogP contribution in [-0.2, 0) is 0 Å². The zero-order chi connectivity index (χ0) is 12.5. The highest BCUT2D eigenvalue weighted by Gasteiger charge is 2.34. The molecule has 100 valence electrons. The molecule has 0 saturated heterocycles. The van der Waals surface area contributed by atoms with Gasteiger partial charge in [0, 0.05) is 9.75 Å². The van der Waals surface area contributed by atoms with Gasteiger partial charge >= 0.3 is 0 Å². The largest absolute Gasteiger partial charge is 0.145 e. The molecule has 2 heteroatoms. The summed E-state index contributed by atoms with van der Waals surface area (Å²) in [6, 6.07) is 2.54. The van der Waals surface area contributed by atoms with Crippen molar-refractivity contribution in [2.45, 2.75) is 76.5 Å². The van der Waals surface area contributed by atoms with E-state index in [1.54, 1.807) is 10.2 Å². The molecule has 0 aromatic carbocycles. The second-order valence-corrected chi connectivity index (χ2v) is 10.3. The third-order valence-electron chi connectivity index (χ3n) is 4.73. The second-order valence-electron chi connectivity index (χ2n) is 6.08. The summed E-state index contributed by atoms with van der Waals surface area (Å²) in [6.45, 7) is 4.66. The molecule has 2 aliphatic carbocycles. The van der Waals surface area contributed by atoms with Crippen molar-refractivity contribution in [3.05, 3.63) is 15.8 Å². The minimum Gasteiger partial charge on any atom is -0.145 e. The molecule has 3 rings (SSSR count). The third kappa shape index (κ3) is 2.54. The monoisotopic (exact) mass is 280 g/mol. The highest BCUT2D eigenvalue weighted by molar-refractivity contribution is 7.67. The predicted molar refractivity (Wildman–Crippen MR) is 84.9 cm³/mol. The zero-order valence-corrected chi connectivity index (χ0v) is 13.5. The van der Waals surface area contributed by atoms with Gasteiger partial charge in [-0.15, -0.1) is 11.3 Å². The van der Waals surface area contributed by atoms with Crippen LogP contribution in [0.3, 0.4) is 0 Å². The summed E-state index contributed by atoms with van der Waals surface area (Å²) in [7, 11) is 0.152. The van der Waals surface area contributed by atoms with E-state index in [1.165, 1.54) is 56.2 Å². The van der Waals surface area contributed by atoms with Crippen molar-refractivity contribution in [3.63, 3.8) is 0 Å². The summed E-state index contributed by atoms with van der Waals surface area (Å²) in [5, 5.41) is 1.80. The maximum atomic E-state index is 2.54. The average molecular weight is 280 g/mol. The first-order valence-corrected chi connectivity index (χ1v) is 9.91. The molecular formula is C16H25PS. The highest BCUT2D eigenvalue weighted by Crippen LogP contribution is 2.57. The van der Waals surface area contributed by atoms with Gasteiger partial charge in [0.25, 0.3) is 0 Å². The molecule has 0 atom stereocenters. The first kappa shape index (κ1) is 13.1. The lowest BCUT2D eigenvalue weighted by Crippen LogP contribution is -2.19. The molecule has 1 heterocycles. The minimum absolute atomic E-state index is 0.152. The van der Waals surface area contributed by atoms with Crippen molar-refractivity contribution in [3.8, 4) is 0 Å². The lowest BCUT2D eigenvalue weighted by Gasteiger charge is -2.30. The number of rotatable bonds is 3. The summed E-state index contributed by atoms with van der Waals surface area (Å²) in [4.78, 5) is 3.17. The third-order valence-corrected chi connectivity index (χ3v) is 9.47. The molecule has 0 aliphatic heterocycles. The van der Waals surface area contributed by atoms with Crippen LogP contribution in [0, 0.1) is 13.8 Å². The van der Waals surface area contributed by atoms with Crippen LogP contribution in [0.2, 0.25) is 0 Å². The Bertz CT molecular complexity index is 381. The number of hydrogen-bond acceptors (Lipinski definition) is 1. The SMILES string of the molecule is Cc1cc(P(C2CCCC2)C2CCCC2)c(C)s1. The Morgan fingerprint density at radius 2 is 1.44 bits per heavy atom. The van der Waals surface area contributed by atoms with Gasteiger partial charge in [-0.3, -0.25) is 0 Å². The molecule has 0 radical (unpaired) electrons. The average Bonchev–Trinajstić information content (AvgIpc) is 3.04. The van der Waals surface area contributed by atoms with Gasteiger partial charge in [-0.05, 0) is 62.2 Å². The second kappa shape index (κ2) is 5.63. The van der Waals surface area contributed by atoms with E-state index in [1.807, 2.05) is 11.3 Å². The lowest BCUT2D eigenvalue weighted by molar-refractivity contribution is 0.835. The minimum atomic E-state index is 0.152. The van der Waals surface area contributed by atoms with Gasteiger partial charge in [0.15, 0.2) is 0 Å². The van der Waals surface area contributed by atoms with Gasteiger partial charge in [0.05, 0.1) is 0 Å². The molecule has 18 heavy (non-hydrogen) atoms. The fraction of sp³-hybridized carbons (Fsp3) is 0.750. The van der Waals surface area contributed by atoms with E-state index >= 15 is 0 Å². The van der Waals surface area contributed by atoms with Gasteiger partial charge < -0.3 is 0 Å². The van der Waals surface area contributed by atoms with Crippen LogP contribution in [0.15, 0.2) is 6.07 Å². The smallest absolute Gasteiger partial charge is 0.00940 e. The van der Waals surface area contributed by atoms with Crippen molar-refractivity contribution in [1.29, 1.82) is 0 Å². The Morgan fingerprint density at radius 1 is 0.944 bits per heavy atom. The molecular weight excluding hydrogens is 255 g/mol. The van der Waals surface area contributed by atoms with Crippen LogP contribution >= 0.6 is 19.3 Å². The van der Waals surface area contributed by atoms with Gasteiger partial charge in [0.1, 0.15) is 0 Å². The number of hydrogen-bond donors (Lipinski definition) is 0. The van der Waals surface area contributed by atoms with Crippen LogP contribution in [0.25, 0.3) is 0 Å². The van der Waals surface area contributed by atoms with E-state index in [9.17, 15) is 0 Å². The van der Waals surface area contributed by atoms with E-state index in [0.717, 1.165) is 11.3 Å². The molecule has 2 saturated carbocycles. The molecule has 1 aromatic rings. The zero-order valence-electron chi connectivity index (χ0n) is 11.7. The molecule has 0 amide bonds. The molecule has 0 N–H and O–H groups in total. The first-order chi connectivity index (χ1) is 8.75. The molecule has 1 aromatic heterocycles. The highest BCUT2D eigenvalue weighted by atomic mass is 32.1. The van der Waals surface area contributed by atoms with Crippen LogP contribution in [-0.4, -0.2) is 11.3 Å². The van der Waals surface area contributed by atoms with Crippen molar-refractivity contribution in [1.82, 2.24) is 0 Å². The maximum Gasteiger partial charge on any atom is 0.00940 e. The summed E-state index contributed by atoms with van der Waals surface area (Å²) in [6.07, 6.45) is 12.1. The Labute approximate surface area is 117 Å². The van der Waals surface area contributed by atoms with Crippen LogP contribution in [0.1, 0.15) is 61.1 Å². The van der Waals surface area contributed by atoms with E-state index < -0.39 is 0 Å². The normalized spacial score (nSPS) is 22.4. The van der Waals surface area contributed by atoms with E-state index in [0.29, 0.717) is 0 Å². The topological polar surface area (TPSA) is 0 Å². The van der Waals surface area contributed by atoms with Crippen molar-refractivity contribution >= 4 is 24.6 Å². The van der Waals surface area contributed by atoms with Crippen LogP contribution < -0.4 is 5.30 Å². The van der Waals surface area contributed by atoms with Gasteiger partial charge in [-0.1, -0.05) is 33.6 Å². The summed E-state index contributed by atoms with van der Waals surface area (Å²) in [5.74, 6) is 0. The van der Waals surface area contributed by atoms with Crippen molar-refractivity contribution in [2.75, 3.05) is 0 Å². The Kier molecular flexibility index (Phi) is 4.11. The van der Waals surface area contributed by atoms with E-state index in [-0.39, 0.29) is 7.92 Å². The molecule has 0 bridgehead atoms. The molecule has 2 fully saturated rings. The lowest BCUT2D eigenvalue weighted by atomic mass is 10.3. The first-order valence-electron chi connectivity index (χ1n) is 7.61. The molecule has 0 nitrogen and oxygen atoms in total. The van der Waals surface area contributed by atoms with Crippen LogP contribution in [0.5, 0.6) is 0 Å². The maximum absolute atomic E-state index is 2.54. The Balaban J connectivity index is 1.90. The van der Waals surface area contributed by atoms with Gasteiger partial charge in [-0.25, -0.2) is 0 Å².